The highest BCUT2D eigenvalue weighted by Gasteiger charge is 2.19. The maximum absolute atomic E-state index is 12.3. The molecule has 1 heterocycles. The molecule has 1 aliphatic rings. The largest absolute Gasteiger partial charge is 0.384 e. The molecule has 2 rings (SSSR count). The number of hydrogen-bond donors (Lipinski definition) is 2. The van der Waals surface area contributed by atoms with Crippen LogP contribution in [0.4, 0.5) is 0 Å². The van der Waals surface area contributed by atoms with Gasteiger partial charge in [0, 0.05) is 16.4 Å². The zero-order chi connectivity index (χ0) is 14.9. The summed E-state index contributed by atoms with van der Waals surface area (Å²) < 4.78 is 0. The van der Waals surface area contributed by atoms with E-state index in [1.807, 2.05) is 11.4 Å². The van der Waals surface area contributed by atoms with Crippen LogP contribution < -0.4 is 5.32 Å². The van der Waals surface area contributed by atoms with Crippen molar-refractivity contribution in [2.24, 2.45) is 5.92 Å². The van der Waals surface area contributed by atoms with Crippen LogP contribution in [0.1, 0.15) is 55.4 Å². The molecular formula is C17H23NO2S. The monoisotopic (exact) mass is 305 g/mol. The molecule has 1 aromatic heterocycles. The van der Waals surface area contributed by atoms with E-state index in [1.165, 1.54) is 32.1 Å². The second-order valence-electron chi connectivity index (χ2n) is 5.48. The van der Waals surface area contributed by atoms with Crippen LogP contribution >= 0.6 is 11.3 Å². The van der Waals surface area contributed by atoms with Gasteiger partial charge in [0.2, 0.25) is 5.91 Å². The first-order chi connectivity index (χ1) is 10.3. The summed E-state index contributed by atoms with van der Waals surface area (Å²) in [5, 5.41) is 13.8. The molecule has 0 saturated heterocycles. The van der Waals surface area contributed by atoms with Crippen molar-refractivity contribution < 1.29 is 9.90 Å². The third-order valence-corrected chi connectivity index (χ3v) is 4.87. The van der Waals surface area contributed by atoms with Gasteiger partial charge >= 0.3 is 0 Å². The summed E-state index contributed by atoms with van der Waals surface area (Å²) in [6.07, 6.45) is 8.22. The molecule has 0 bridgehead atoms. The molecule has 4 heteroatoms. The Morgan fingerprint density at radius 1 is 1.29 bits per heavy atom. The van der Waals surface area contributed by atoms with E-state index >= 15 is 0 Å². The van der Waals surface area contributed by atoms with E-state index in [2.05, 4.69) is 17.2 Å². The van der Waals surface area contributed by atoms with E-state index in [0.29, 0.717) is 6.54 Å². The summed E-state index contributed by atoms with van der Waals surface area (Å²) >= 11 is 1.60. The molecule has 1 saturated carbocycles. The average molecular weight is 305 g/mol. The first-order valence-corrected chi connectivity index (χ1v) is 8.63. The molecule has 0 aliphatic heterocycles. The van der Waals surface area contributed by atoms with Crippen molar-refractivity contribution in [3.05, 3.63) is 21.9 Å². The molecule has 0 spiro atoms. The second kappa shape index (κ2) is 8.86. The predicted octanol–water partition coefficient (Wildman–Crippen LogP) is 3.07. The minimum atomic E-state index is -0.135. The summed E-state index contributed by atoms with van der Waals surface area (Å²) in [6.45, 7) is 0.409. The lowest BCUT2D eigenvalue weighted by Crippen LogP contribution is -2.30. The number of thiophene rings is 1. The fraction of sp³-hybridized carbons (Fsp3) is 0.588. The van der Waals surface area contributed by atoms with E-state index in [-0.39, 0.29) is 18.4 Å². The average Bonchev–Trinajstić information content (AvgIpc) is 2.89. The first kappa shape index (κ1) is 16.1. The molecule has 1 fully saturated rings. The lowest BCUT2D eigenvalue weighted by molar-refractivity contribution is -0.125. The normalized spacial score (nSPS) is 16.4. The molecule has 0 aromatic carbocycles. The zero-order valence-electron chi connectivity index (χ0n) is 12.4. The van der Waals surface area contributed by atoms with Gasteiger partial charge in [-0.15, -0.1) is 11.3 Å². The molecule has 21 heavy (non-hydrogen) atoms. The van der Waals surface area contributed by atoms with E-state index in [0.717, 1.165) is 23.3 Å². The third-order valence-electron chi connectivity index (χ3n) is 3.95. The van der Waals surface area contributed by atoms with Gasteiger partial charge < -0.3 is 10.4 Å². The van der Waals surface area contributed by atoms with E-state index < -0.39 is 0 Å². The number of carbonyl (C=O) groups is 1. The molecule has 114 valence electrons. The number of carbonyl (C=O) groups excluding carboxylic acids is 1. The molecule has 2 N–H and O–H groups in total. The molecule has 1 aromatic rings. The van der Waals surface area contributed by atoms with Crippen molar-refractivity contribution >= 4 is 17.2 Å². The van der Waals surface area contributed by atoms with Gasteiger partial charge in [0.05, 0.1) is 6.54 Å². The Balaban J connectivity index is 1.86. The fourth-order valence-corrected chi connectivity index (χ4v) is 3.52. The quantitative estimate of drug-likeness (QED) is 0.843. The van der Waals surface area contributed by atoms with Crippen LogP contribution in [0.15, 0.2) is 11.4 Å². The van der Waals surface area contributed by atoms with Crippen molar-refractivity contribution in [3.63, 3.8) is 0 Å². The number of aliphatic hydroxyl groups is 1. The molecule has 1 amide bonds. The fourth-order valence-electron chi connectivity index (χ4n) is 2.75. The SMILES string of the molecule is O=C(NCc1sccc1C#CCO)C1CCCCCCC1. The number of amides is 1. The van der Waals surface area contributed by atoms with Gasteiger partial charge in [-0.25, -0.2) is 0 Å². The van der Waals surface area contributed by atoms with Crippen LogP contribution in [-0.2, 0) is 11.3 Å². The Morgan fingerprint density at radius 3 is 2.71 bits per heavy atom. The smallest absolute Gasteiger partial charge is 0.223 e. The third kappa shape index (κ3) is 5.18. The van der Waals surface area contributed by atoms with Gasteiger partial charge in [0.15, 0.2) is 0 Å². The number of hydrogen-bond acceptors (Lipinski definition) is 3. The first-order valence-electron chi connectivity index (χ1n) is 7.75. The maximum atomic E-state index is 12.3. The Morgan fingerprint density at radius 2 is 2.00 bits per heavy atom. The highest BCUT2D eigenvalue weighted by Crippen LogP contribution is 2.23. The minimum Gasteiger partial charge on any atom is -0.384 e. The Labute approximate surface area is 130 Å². The second-order valence-corrected chi connectivity index (χ2v) is 6.48. The van der Waals surface area contributed by atoms with Crippen LogP contribution in [0.5, 0.6) is 0 Å². The van der Waals surface area contributed by atoms with Gasteiger partial charge in [-0.2, -0.15) is 0 Å². The highest BCUT2D eigenvalue weighted by molar-refractivity contribution is 7.10. The Bertz CT molecular complexity index is 504. The summed E-state index contributed by atoms with van der Waals surface area (Å²) in [6, 6.07) is 1.94. The van der Waals surface area contributed by atoms with E-state index in [4.69, 9.17) is 5.11 Å². The van der Waals surface area contributed by atoms with Gasteiger partial charge in [-0.05, 0) is 24.3 Å². The number of nitrogens with one attached hydrogen (secondary N) is 1. The van der Waals surface area contributed by atoms with Gasteiger partial charge in [0.25, 0.3) is 0 Å². The standard InChI is InChI=1S/C17H23NO2S/c19-11-6-9-14-10-12-21-16(14)13-18-17(20)15-7-4-2-1-3-5-8-15/h10,12,15,19H,1-5,7-8,11,13H2,(H,18,20). The van der Waals surface area contributed by atoms with Crippen molar-refractivity contribution in [2.45, 2.75) is 51.5 Å². The molecule has 0 atom stereocenters. The molecule has 1 aliphatic carbocycles. The van der Waals surface area contributed by atoms with Crippen LogP contribution in [-0.4, -0.2) is 17.6 Å². The van der Waals surface area contributed by atoms with Gasteiger partial charge in [-0.1, -0.05) is 43.9 Å². The van der Waals surface area contributed by atoms with Crippen LogP contribution in [0.2, 0.25) is 0 Å². The van der Waals surface area contributed by atoms with Crippen molar-refractivity contribution in [2.75, 3.05) is 6.61 Å². The Hall–Kier alpha value is -1.31. The highest BCUT2D eigenvalue weighted by atomic mass is 32.1. The molecule has 0 unspecified atom stereocenters. The van der Waals surface area contributed by atoms with Crippen LogP contribution in [0.3, 0.4) is 0 Å². The van der Waals surface area contributed by atoms with Gasteiger partial charge in [-0.3, -0.25) is 4.79 Å². The number of aliphatic hydroxyl groups excluding tert-OH is 1. The lowest BCUT2D eigenvalue weighted by Gasteiger charge is -2.19. The zero-order valence-corrected chi connectivity index (χ0v) is 13.2. The summed E-state index contributed by atoms with van der Waals surface area (Å²) in [4.78, 5) is 13.4. The predicted molar refractivity (Wildman–Crippen MR) is 85.9 cm³/mol. The van der Waals surface area contributed by atoms with Crippen molar-refractivity contribution in [3.8, 4) is 11.8 Å². The summed E-state index contributed by atoms with van der Waals surface area (Å²) in [5.74, 6) is 5.94. The van der Waals surface area contributed by atoms with E-state index in [1.54, 1.807) is 11.3 Å². The van der Waals surface area contributed by atoms with Gasteiger partial charge in [0.1, 0.15) is 6.61 Å². The summed E-state index contributed by atoms with van der Waals surface area (Å²) in [7, 11) is 0. The maximum Gasteiger partial charge on any atom is 0.223 e. The summed E-state index contributed by atoms with van der Waals surface area (Å²) in [5.41, 5.74) is 0.909. The molecular weight excluding hydrogens is 282 g/mol. The van der Waals surface area contributed by atoms with Crippen LogP contribution in [0.25, 0.3) is 0 Å². The van der Waals surface area contributed by atoms with E-state index in [9.17, 15) is 4.79 Å². The van der Waals surface area contributed by atoms with Crippen molar-refractivity contribution in [1.29, 1.82) is 0 Å². The minimum absolute atomic E-state index is 0.135. The van der Waals surface area contributed by atoms with Crippen LogP contribution in [0, 0.1) is 17.8 Å². The lowest BCUT2D eigenvalue weighted by atomic mass is 9.90. The molecule has 0 radical (unpaired) electrons. The number of rotatable bonds is 3. The molecule has 3 nitrogen and oxygen atoms in total. The topological polar surface area (TPSA) is 49.3 Å². The Kier molecular flexibility index (Phi) is 6.78. The van der Waals surface area contributed by atoms with Crippen molar-refractivity contribution in [1.82, 2.24) is 5.32 Å².